The van der Waals surface area contributed by atoms with Gasteiger partial charge in [-0.1, -0.05) is 25.1 Å². The van der Waals surface area contributed by atoms with Crippen LogP contribution in [0.4, 0.5) is 4.39 Å². The third kappa shape index (κ3) is 3.83. The van der Waals surface area contributed by atoms with Crippen LogP contribution in [-0.2, 0) is 6.54 Å². The molecule has 0 aliphatic rings. The second-order valence-corrected chi connectivity index (χ2v) is 8.37. The Morgan fingerprint density at radius 3 is 2.63 bits per heavy atom. The molecule has 0 unspecified atom stereocenters. The second kappa shape index (κ2) is 8.73. The van der Waals surface area contributed by atoms with Crippen molar-refractivity contribution in [2.24, 2.45) is 0 Å². The molecular formula is C27H22FN7. The number of aromatic nitrogens is 6. The molecule has 6 rings (SSSR count). The Bertz CT molecular complexity index is 1670. The van der Waals surface area contributed by atoms with Gasteiger partial charge in [0, 0.05) is 64.4 Å². The predicted molar refractivity (Wildman–Crippen MR) is 135 cm³/mol. The van der Waals surface area contributed by atoms with Crippen molar-refractivity contribution >= 4 is 21.9 Å². The summed E-state index contributed by atoms with van der Waals surface area (Å²) in [4.78, 5) is 16.7. The topological polar surface area (TPSA) is 95.2 Å². The number of nitrogens with one attached hydrogen (secondary N) is 3. The summed E-state index contributed by atoms with van der Waals surface area (Å²) in [5.74, 6) is -0.282. The van der Waals surface area contributed by atoms with E-state index >= 15 is 0 Å². The van der Waals surface area contributed by atoms with E-state index in [0.29, 0.717) is 11.2 Å². The van der Waals surface area contributed by atoms with Crippen molar-refractivity contribution in [3.63, 3.8) is 0 Å². The lowest BCUT2D eigenvalue weighted by Gasteiger charge is -2.06. The van der Waals surface area contributed by atoms with E-state index in [4.69, 9.17) is 0 Å². The van der Waals surface area contributed by atoms with Crippen molar-refractivity contribution in [2.75, 3.05) is 6.54 Å². The molecule has 0 radical (unpaired) electrons. The van der Waals surface area contributed by atoms with Crippen LogP contribution in [0.3, 0.4) is 0 Å². The lowest BCUT2D eigenvalue weighted by molar-refractivity contribution is 0.631. The van der Waals surface area contributed by atoms with Crippen LogP contribution in [0, 0.1) is 5.82 Å². The SMILES string of the molecule is CCNCc1cncc(-c2cnc3n[nH]c(-c4cc5c(-c6ccccc6F)cncc5[nH]4)c3c2)c1. The number of pyridine rings is 3. The van der Waals surface area contributed by atoms with Gasteiger partial charge in [0.1, 0.15) is 5.82 Å². The number of halogens is 1. The largest absolute Gasteiger partial charge is 0.352 e. The number of nitrogens with zero attached hydrogens (tertiary/aromatic N) is 4. The van der Waals surface area contributed by atoms with Crippen LogP contribution in [-0.4, -0.2) is 36.7 Å². The minimum atomic E-state index is -0.282. The highest BCUT2D eigenvalue weighted by molar-refractivity contribution is 6.00. The van der Waals surface area contributed by atoms with E-state index in [9.17, 15) is 4.39 Å². The maximum Gasteiger partial charge on any atom is 0.181 e. The summed E-state index contributed by atoms with van der Waals surface area (Å²) in [6, 6.07) is 12.9. The normalized spacial score (nSPS) is 11.5. The summed E-state index contributed by atoms with van der Waals surface area (Å²) in [5.41, 5.74) is 7.36. The van der Waals surface area contributed by atoms with Crippen molar-refractivity contribution < 1.29 is 4.39 Å². The van der Waals surface area contributed by atoms with Crippen molar-refractivity contribution in [3.05, 3.63) is 84.8 Å². The monoisotopic (exact) mass is 463 g/mol. The molecule has 3 N–H and O–H groups in total. The zero-order valence-electron chi connectivity index (χ0n) is 19.0. The molecule has 0 aliphatic carbocycles. The van der Waals surface area contributed by atoms with Crippen LogP contribution in [0.1, 0.15) is 12.5 Å². The average Bonchev–Trinajstić information content (AvgIpc) is 3.51. The van der Waals surface area contributed by atoms with Gasteiger partial charge in [0.15, 0.2) is 5.65 Å². The fourth-order valence-corrected chi connectivity index (χ4v) is 4.35. The molecule has 1 aromatic carbocycles. The van der Waals surface area contributed by atoms with Crippen LogP contribution >= 0.6 is 0 Å². The molecule has 172 valence electrons. The smallest absolute Gasteiger partial charge is 0.181 e. The van der Waals surface area contributed by atoms with Gasteiger partial charge < -0.3 is 10.3 Å². The van der Waals surface area contributed by atoms with E-state index in [2.05, 4.69) is 54.5 Å². The van der Waals surface area contributed by atoms with E-state index in [1.165, 1.54) is 6.07 Å². The number of fused-ring (bicyclic) bond motifs is 2. The third-order valence-electron chi connectivity index (χ3n) is 6.10. The summed E-state index contributed by atoms with van der Waals surface area (Å²) < 4.78 is 14.5. The quantitative estimate of drug-likeness (QED) is 0.304. The van der Waals surface area contributed by atoms with Crippen molar-refractivity contribution in [2.45, 2.75) is 13.5 Å². The van der Waals surface area contributed by atoms with E-state index in [0.717, 1.165) is 63.0 Å². The molecule has 35 heavy (non-hydrogen) atoms. The molecule has 0 bridgehead atoms. The summed E-state index contributed by atoms with van der Waals surface area (Å²) in [6.45, 7) is 3.74. The first-order valence-electron chi connectivity index (χ1n) is 11.4. The maximum absolute atomic E-state index is 14.5. The number of aromatic amines is 2. The van der Waals surface area contributed by atoms with Gasteiger partial charge in [0.25, 0.3) is 0 Å². The van der Waals surface area contributed by atoms with Crippen molar-refractivity contribution in [1.82, 2.24) is 35.5 Å². The van der Waals surface area contributed by atoms with Crippen LogP contribution in [0.15, 0.2) is 73.4 Å². The van der Waals surface area contributed by atoms with Gasteiger partial charge in [0.2, 0.25) is 0 Å². The van der Waals surface area contributed by atoms with Gasteiger partial charge in [0.05, 0.1) is 23.1 Å². The van der Waals surface area contributed by atoms with Gasteiger partial charge in [-0.05, 0) is 36.4 Å². The standard InChI is InChI=1S/C27H22FN7/c1-2-29-10-16-7-17(12-30-11-16)18-8-21-26(34-35-27(21)32-13-18)24-9-20-22(14-31-15-25(20)33-24)19-5-3-4-6-23(19)28/h3-9,11-15,29,33H,2,10H2,1H3,(H,32,34,35). The van der Waals surface area contributed by atoms with Gasteiger partial charge in [-0.2, -0.15) is 5.10 Å². The Hall–Kier alpha value is -4.43. The summed E-state index contributed by atoms with van der Waals surface area (Å²) in [6.07, 6.45) is 8.95. The number of H-pyrrole nitrogens is 2. The highest BCUT2D eigenvalue weighted by Gasteiger charge is 2.16. The molecule has 0 spiro atoms. The summed E-state index contributed by atoms with van der Waals surface area (Å²) in [7, 11) is 0. The Morgan fingerprint density at radius 2 is 1.74 bits per heavy atom. The Balaban J connectivity index is 1.45. The highest BCUT2D eigenvalue weighted by Crippen LogP contribution is 2.35. The molecule has 6 aromatic rings. The molecule has 0 fully saturated rings. The Labute approximate surface area is 200 Å². The van der Waals surface area contributed by atoms with Crippen LogP contribution in [0.5, 0.6) is 0 Å². The average molecular weight is 464 g/mol. The molecule has 0 atom stereocenters. The lowest BCUT2D eigenvalue weighted by Crippen LogP contribution is -2.11. The third-order valence-corrected chi connectivity index (χ3v) is 6.10. The first kappa shape index (κ1) is 21.1. The molecule has 0 amide bonds. The van der Waals surface area contributed by atoms with Crippen LogP contribution in [0.25, 0.3) is 55.6 Å². The van der Waals surface area contributed by atoms with Crippen LogP contribution in [0.2, 0.25) is 0 Å². The Kier molecular flexibility index (Phi) is 5.27. The molecule has 0 aliphatic heterocycles. The molecule has 0 saturated carbocycles. The van der Waals surface area contributed by atoms with Gasteiger partial charge in [-0.15, -0.1) is 0 Å². The first-order chi connectivity index (χ1) is 17.2. The van der Waals surface area contributed by atoms with Crippen molar-refractivity contribution in [1.29, 1.82) is 0 Å². The molecule has 7 nitrogen and oxygen atoms in total. The minimum absolute atomic E-state index is 0.282. The highest BCUT2D eigenvalue weighted by atomic mass is 19.1. The van der Waals surface area contributed by atoms with Gasteiger partial charge >= 0.3 is 0 Å². The van der Waals surface area contributed by atoms with E-state index < -0.39 is 0 Å². The second-order valence-electron chi connectivity index (χ2n) is 8.37. The number of rotatable bonds is 6. The summed E-state index contributed by atoms with van der Waals surface area (Å²) >= 11 is 0. The zero-order chi connectivity index (χ0) is 23.8. The fraction of sp³-hybridized carbons (Fsp3) is 0.111. The zero-order valence-corrected chi connectivity index (χ0v) is 19.0. The number of benzene rings is 1. The first-order valence-corrected chi connectivity index (χ1v) is 11.4. The number of hydrogen-bond acceptors (Lipinski definition) is 5. The molecular weight excluding hydrogens is 441 g/mol. The van der Waals surface area contributed by atoms with Gasteiger partial charge in [-0.3, -0.25) is 15.1 Å². The summed E-state index contributed by atoms with van der Waals surface area (Å²) in [5, 5.41) is 12.6. The minimum Gasteiger partial charge on any atom is -0.352 e. The molecule has 5 aromatic heterocycles. The molecule has 5 heterocycles. The maximum atomic E-state index is 14.5. The van der Waals surface area contributed by atoms with E-state index in [-0.39, 0.29) is 5.82 Å². The fourth-order valence-electron chi connectivity index (χ4n) is 4.35. The van der Waals surface area contributed by atoms with E-state index in [1.54, 1.807) is 24.5 Å². The Morgan fingerprint density at radius 1 is 0.886 bits per heavy atom. The van der Waals surface area contributed by atoms with Crippen LogP contribution < -0.4 is 5.32 Å². The molecule has 0 saturated heterocycles. The van der Waals surface area contributed by atoms with E-state index in [1.807, 2.05) is 30.7 Å². The predicted octanol–water partition coefficient (Wildman–Crippen LogP) is 5.48. The molecule has 8 heteroatoms. The number of hydrogen-bond donors (Lipinski definition) is 3. The van der Waals surface area contributed by atoms with Crippen molar-refractivity contribution in [3.8, 4) is 33.6 Å². The van der Waals surface area contributed by atoms with Gasteiger partial charge in [-0.25, -0.2) is 9.37 Å². The lowest BCUT2D eigenvalue weighted by atomic mass is 10.0.